The molecule has 2 N–H and O–H groups in total. The Morgan fingerprint density at radius 1 is 0.935 bits per heavy atom. The average Bonchev–Trinajstić information content (AvgIpc) is 2.79. The number of nitrogens with one attached hydrogen (secondary N) is 2. The zero-order chi connectivity index (χ0) is 21.2. The summed E-state index contributed by atoms with van der Waals surface area (Å²) in [6, 6.07) is 25.2. The van der Waals surface area contributed by atoms with Crippen molar-refractivity contribution in [1.29, 1.82) is 0 Å². The number of hydrazone groups is 1. The van der Waals surface area contributed by atoms with E-state index in [9.17, 15) is 4.79 Å². The molecule has 3 aromatic carbocycles. The second-order valence-corrected chi connectivity index (χ2v) is 7.85. The monoisotopic (exact) mass is 469 g/mol. The van der Waals surface area contributed by atoms with E-state index in [1.54, 1.807) is 6.07 Å². The van der Waals surface area contributed by atoms with Gasteiger partial charge < -0.3 is 4.98 Å². The molecule has 7 heteroatoms. The molecule has 5 rings (SSSR count). The maximum Gasteiger partial charge on any atom is 0.257 e. The minimum Gasteiger partial charge on any atom is -0.321 e. The lowest BCUT2D eigenvalue weighted by Crippen LogP contribution is -2.12. The van der Waals surface area contributed by atoms with Crippen molar-refractivity contribution in [3.63, 3.8) is 0 Å². The van der Waals surface area contributed by atoms with Gasteiger partial charge in [-0.05, 0) is 35.7 Å². The van der Waals surface area contributed by atoms with Crippen LogP contribution >= 0.6 is 15.9 Å². The maximum atomic E-state index is 12.3. The number of benzene rings is 3. The molecule has 0 bridgehead atoms. The fourth-order valence-electron chi connectivity index (χ4n) is 3.39. The summed E-state index contributed by atoms with van der Waals surface area (Å²) in [5, 5.41) is 6.07. The molecule has 0 saturated heterocycles. The van der Waals surface area contributed by atoms with E-state index in [0.29, 0.717) is 11.5 Å². The van der Waals surface area contributed by atoms with E-state index in [1.807, 2.05) is 72.8 Å². The predicted octanol–water partition coefficient (Wildman–Crippen LogP) is 5.35. The van der Waals surface area contributed by atoms with Gasteiger partial charge in [0.15, 0.2) is 0 Å². The number of aromatic nitrogens is 3. The van der Waals surface area contributed by atoms with Crippen LogP contribution in [0.4, 0.5) is 5.95 Å². The van der Waals surface area contributed by atoms with E-state index in [2.05, 4.69) is 41.4 Å². The summed E-state index contributed by atoms with van der Waals surface area (Å²) in [4.78, 5) is 24.4. The van der Waals surface area contributed by atoms with Gasteiger partial charge >= 0.3 is 0 Å². The molecular weight excluding hydrogens is 454 g/mol. The molecule has 2 heterocycles. The lowest BCUT2D eigenvalue weighted by molar-refractivity contribution is 1.15. The normalized spacial score (nSPS) is 11.4. The van der Waals surface area contributed by atoms with Crippen molar-refractivity contribution in [3.05, 3.63) is 99.3 Å². The van der Waals surface area contributed by atoms with Gasteiger partial charge in [0.25, 0.3) is 5.56 Å². The first kappa shape index (κ1) is 19.1. The molecule has 6 nitrogen and oxygen atoms in total. The summed E-state index contributed by atoms with van der Waals surface area (Å²) in [7, 11) is 0. The number of hydrogen-bond acceptors (Lipinski definition) is 5. The first-order chi connectivity index (χ1) is 15.2. The largest absolute Gasteiger partial charge is 0.321 e. The van der Waals surface area contributed by atoms with E-state index in [0.717, 1.165) is 37.5 Å². The van der Waals surface area contributed by atoms with Gasteiger partial charge in [0.1, 0.15) is 0 Å². The quantitative estimate of drug-likeness (QED) is 0.274. The predicted molar refractivity (Wildman–Crippen MR) is 128 cm³/mol. The van der Waals surface area contributed by atoms with Crippen LogP contribution in [0.5, 0.6) is 0 Å². The molecular formula is C24H16BrN5O. The lowest BCUT2D eigenvalue weighted by Gasteiger charge is -2.09. The Labute approximate surface area is 185 Å². The van der Waals surface area contributed by atoms with Crippen LogP contribution in [-0.2, 0) is 0 Å². The summed E-state index contributed by atoms with van der Waals surface area (Å²) in [5.41, 5.74) is 6.46. The van der Waals surface area contributed by atoms with E-state index >= 15 is 0 Å². The third-order valence-corrected chi connectivity index (χ3v) is 5.35. The molecule has 0 saturated carbocycles. The van der Waals surface area contributed by atoms with Crippen LogP contribution in [0.25, 0.3) is 33.1 Å². The van der Waals surface area contributed by atoms with E-state index < -0.39 is 0 Å². The number of fused-ring (bicyclic) bond motifs is 2. The van der Waals surface area contributed by atoms with Crippen molar-refractivity contribution in [2.24, 2.45) is 5.10 Å². The first-order valence-corrected chi connectivity index (χ1v) is 10.4. The Balaban J connectivity index is 1.52. The molecule has 0 atom stereocenters. The van der Waals surface area contributed by atoms with Gasteiger partial charge in [-0.2, -0.15) is 5.10 Å². The van der Waals surface area contributed by atoms with Crippen molar-refractivity contribution in [2.75, 3.05) is 5.43 Å². The summed E-state index contributed by atoms with van der Waals surface area (Å²) in [5.74, 6) is 0.349. The molecule has 5 aromatic rings. The standard InChI is InChI=1S/C24H16BrN5O/c25-18-10-11-21-19(13-18)22(15-6-2-1-3-7-15)29-24(28-21)30-26-14-17-12-16-8-4-5-9-20(16)27-23(17)31/h1-14H,(H,27,31)(H,28,29,30)/b26-14+. The molecule has 0 radical (unpaired) electrons. The number of pyridine rings is 1. The van der Waals surface area contributed by atoms with Crippen LogP contribution < -0.4 is 11.0 Å². The molecule has 2 aromatic heterocycles. The van der Waals surface area contributed by atoms with Crippen molar-refractivity contribution in [1.82, 2.24) is 15.0 Å². The Morgan fingerprint density at radius 2 is 1.74 bits per heavy atom. The number of halogens is 1. The van der Waals surface area contributed by atoms with Gasteiger partial charge in [0.2, 0.25) is 5.95 Å². The first-order valence-electron chi connectivity index (χ1n) is 9.61. The summed E-state index contributed by atoms with van der Waals surface area (Å²) < 4.78 is 0.954. The molecule has 31 heavy (non-hydrogen) atoms. The fraction of sp³-hybridized carbons (Fsp3) is 0. The SMILES string of the molecule is O=c1[nH]c2ccccc2cc1/C=N/Nc1nc(-c2ccccc2)c2cc(Br)ccc2n1. The fourth-order valence-corrected chi connectivity index (χ4v) is 3.75. The highest BCUT2D eigenvalue weighted by Gasteiger charge is 2.10. The summed E-state index contributed by atoms with van der Waals surface area (Å²) >= 11 is 3.52. The number of rotatable bonds is 4. The molecule has 0 fully saturated rings. The van der Waals surface area contributed by atoms with Crippen LogP contribution in [0.3, 0.4) is 0 Å². The Hall–Kier alpha value is -3.84. The second-order valence-electron chi connectivity index (χ2n) is 6.93. The van der Waals surface area contributed by atoms with Gasteiger partial charge in [-0.1, -0.05) is 64.5 Å². The minimum atomic E-state index is -0.210. The number of hydrogen-bond donors (Lipinski definition) is 2. The molecule has 0 amide bonds. The van der Waals surface area contributed by atoms with Gasteiger partial charge in [-0.3, -0.25) is 4.79 Å². The Morgan fingerprint density at radius 3 is 2.61 bits per heavy atom. The summed E-state index contributed by atoms with van der Waals surface area (Å²) in [6.07, 6.45) is 1.47. The highest BCUT2D eigenvalue weighted by atomic mass is 79.9. The number of nitrogens with zero attached hydrogens (tertiary/aromatic N) is 3. The highest BCUT2D eigenvalue weighted by molar-refractivity contribution is 9.10. The minimum absolute atomic E-state index is 0.210. The van der Waals surface area contributed by atoms with Crippen LogP contribution in [0, 0.1) is 0 Å². The van der Waals surface area contributed by atoms with E-state index in [-0.39, 0.29) is 5.56 Å². The third-order valence-electron chi connectivity index (χ3n) is 4.86. The highest BCUT2D eigenvalue weighted by Crippen LogP contribution is 2.29. The summed E-state index contributed by atoms with van der Waals surface area (Å²) in [6.45, 7) is 0. The van der Waals surface area contributed by atoms with Gasteiger partial charge in [0.05, 0.1) is 23.0 Å². The molecule has 0 aliphatic heterocycles. The van der Waals surface area contributed by atoms with E-state index in [1.165, 1.54) is 6.21 Å². The lowest BCUT2D eigenvalue weighted by atomic mass is 10.1. The number of anilines is 1. The van der Waals surface area contributed by atoms with Crippen LogP contribution in [0.1, 0.15) is 5.56 Å². The number of para-hydroxylation sites is 1. The molecule has 0 spiro atoms. The Bertz CT molecular complexity index is 1500. The van der Waals surface area contributed by atoms with Crippen molar-refractivity contribution < 1.29 is 0 Å². The zero-order valence-electron chi connectivity index (χ0n) is 16.2. The maximum absolute atomic E-state index is 12.3. The third kappa shape index (κ3) is 3.95. The van der Waals surface area contributed by atoms with Gasteiger partial charge in [-0.25, -0.2) is 15.4 Å². The van der Waals surface area contributed by atoms with Gasteiger partial charge in [0, 0.05) is 20.9 Å². The Kier molecular flexibility index (Phi) is 5.01. The number of H-pyrrole nitrogens is 1. The molecule has 0 unspecified atom stereocenters. The molecule has 0 aliphatic rings. The molecule has 150 valence electrons. The smallest absolute Gasteiger partial charge is 0.257 e. The van der Waals surface area contributed by atoms with E-state index in [4.69, 9.17) is 0 Å². The van der Waals surface area contributed by atoms with Crippen molar-refractivity contribution in [2.45, 2.75) is 0 Å². The van der Waals surface area contributed by atoms with Crippen LogP contribution in [0.15, 0.2) is 93.2 Å². The van der Waals surface area contributed by atoms with Crippen molar-refractivity contribution >= 4 is 49.9 Å². The number of aromatic amines is 1. The van der Waals surface area contributed by atoms with Crippen LogP contribution in [-0.4, -0.2) is 21.2 Å². The van der Waals surface area contributed by atoms with Crippen molar-refractivity contribution in [3.8, 4) is 11.3 Å². The topological polar surface area (TPSA) is 83.0 Å². The van der Waals surface area contributed by atoms with Gasteiger partial charge in [-0.15, -0.1) is 0 Å². The molecule has 0 aliphatic carbocycles. The zero-order valence-corrected chi connectivity index (χ0v) is 17.8. The van der Waals surface area contributed by atoms with Crippen LogP contribution in [0.2, 0.25) is 0 Å². The average molecular weight is 470 g/mol. The second kappa shape index (κ2) is 8.12.